The van der Waals surface area contributed by atoms with Gasteiger partial charge in [-0.05, 0) is 36.9 Å². The lowest BCUT2D eigenvalue weighted by atomic mass is 9.87. The van der Waals surface area contributed by atoms with Crippen molar-refractivity contribution in [3.05, 3.63) is 28.3 Å². The van der Waals surface area contributed by atoms with Crippen LogP contribution < -0.4 is 15.4 Å². The summed E-state index contributed by atoms with van der Waals surface area (Å²) in [5, 5.41) is 11.2. The van der Waals surface area contributed by atoms with Crippen molar-refractivity contribution in [3.63, 3.8) is 0 Å². The first kappa shape index (κ1) is 14.6. The number of methoxy groups -OCH3 is 1. The van der Waals surface area contributed by atoms with Crippen LogP contribution in [0.4, 0.5) is 11.4 Å². The Hall–Kier alpha value is -1.82. The van der Waals surface area contributed by atoms with Crippen LogP contribution in [0.25, 0.3) is 0 Å². The number of nitro benzene ring substituents is 1. The molecule has 1 saturated heterocycles. The molecule has 1 aromatic carbocycles. The molecule has 110 valence electrons. The van der Waals surface area contributed by atoms with Crippen LogP contribution in [0.2, 0.25) is 0 Å². The first-order valence-electron chi connectivity index (χ1n) is 6.84. The van der Waals surface area contributed by atoms with Gasteiger partial charge in [-0.3, -0.25) is 10.1 Å². The maximum atomic E-state index is 11.2. The molecular formula is C14H21N3O3. The fourth-order valence-corrected chi connectivity index (χ4v) is 2.72. The summed E-state index contributed by atoms with van der Waals surface area (Å²) in [6.45, 7) is 4.40. The average Bonchev–Trinajstić information content (AvgIpc) is 2.47. The van der Waals surface area contributed by atoms with E-state index < -0.39 is 0 Å². The topological polar surface area (TPSA) is 81.6 Å². The van der Waals surface area contributed by atoms with E-state index in [1.54, 1.807) is 12.1 Å². The number of piperidine rings is 1. The third-order valence-electron chi connectivity index (χ3n) is 4.14. The van der Waals surface area contributed by atoms with E-state index in [1.807, 2.05) is 0 Å². The summed E-state index contributed by atoms with van der Waals surface area (Å²) in [4.78, 5) is 13.0. The van der Waals surface area contributed by atoms with Crippen LogP contribution in [0.3, 0.4) is 0 Å². The van der Waals surface area contributed by atoms with Gasteiger partial charge in [-0.15, -0.1) is 0 Å². The zero-order valence-corrected chi connectivity index (χ0v) is 11.9. The van der Waals surface area contributed by atoms with E-state index in [2.05, 4.69) is 11.8 Å². The van der Waals surface area contributed by atoms with Crippen molar-refractivity contribution in [1.29, 1.82) is 0 Å². The lowest BCUT2D eigenvalue weighted by molar-refractivity contribution is -0.384. The van der Waals surface area contributed by atoms with Crippen molar-refractivity contribution in [2.24, 2.45) is 17.6 Å². The van der Waals surface area contributed by atoms with Crippen LogP contribution in [0.1, 0.15) is 13.3 Å². The summed E-state index contributed by atoms with van der Waals surface area (Å²) in [5.41, 5.74) is 6.54. The summed E-state index contributed by atoms with van der Waals surface area (Å²) >= 11 is 0. The Kier molecular flexibility index (Phi) is 4.44. The van der Waals surface area contributed by atoms with Gasteiger partial charge in [-0.1, -0.05) is 6.92 Å². The number of nitrogens with zero attached hydrogens (tertiary/aromatic N) is 2. The minimum Gasteiger partial charge on any atom is -0.496 e. The predicted octanol–water partition coefficient (Wildman–Crippen LogP) is 2.02. The molecule has 0 radical (unpaired) electrons. The Balaban J connectivity index is 2.30. The summed E-state index contributed by atoms with van der Waals surface area (Å²) in [6, 6.07) is 5.00. The molecule has 6 heteroatoms. The van der Waals surface area contributed by atoms with E-state index >= 15 is 0 Å². The van der Waals surface area contributed by atoms with Crippen molar-refractivity contribution in [1.82, 2.24) is 0 Å². The highest BCUT2D eigenvalue weighted by Gasteiger charge is 2.29. The van der Waals surface area contributed by atoms with Crippen molar-refractivity contribution in [2.45, 2.75) is 13.3 Å². The van der Waals surface area contributed by atoms with Crippen molar-refractivity contribution < 1.29 is 9.66 Å². The Morgan fingerprint density at radius 3 is 2.90 bits per heavy atom. The molecule has 1 aliphatic rings. The average molecular weight is 279 g/mol. The molecule has 1 aromatic rings. The van der Waals surface area contributed by atoms with Gasteiger partial charge in [-0.25, -0.2) is 0 Å². The fraction of sp³-hybridized carbons (Fsp3) is 0.571. The lowest BCUT2D eigenvalue weighted by Gasteiger charge is -2.37. The van der Waals surface area contributed by atoms with Gasteiger partial charge < -0.3 is 15.4 Å². The van der Waals surface area contributed by atoms with Crippen LogP contribution in [0, 0.1) is 22.0 Å². The molecule has 2 atom stereocenters. The third kappa shape index (κ3) is 2.85. The second-order valence-corrected chi connectivity index (χ2v) is 5.32. The lowest BCUT2D eigenvalue weighted by Crippen LogP contribution is -2.42. The van der Waals surface area contributed by atoms with Crippen LogP contribution in [-0.4, -0.2) is 31.7 Å². The van der Waals surface area contributed by atoms with Gasteiger partial charge in [0.05, 0.1) is 18.1 Å². The summed E-state index contributed by atoms with van der Waals surface area (Å²) in [5.74, 6) is 1.44. The van der Waals surface area contributed by atoms with Gasteiger partial charge in [0.2, 0.25) is 0 Å². The van der Waals surface area contributed by atoms with Gasteiger partial charge in [0.15, 0.2) is 0 Å². The first-order chi connectivity index (χ1) is 9.56. The number of benzene rings is 1. The highest BCUT2D eigenvalue weighted by atomic mass is 16.6. The highest BCUT2D eigenvalue weighted by Crippen LogP contribution is 2.35. The zero-order chi connectivity index (χ0) is 14.7. The van der Waals surface area contributed by atoms with Gasteiger partial charge >= 0.3 is 0 Å². The van der Waals surface area contributed by atoms with E-state index in [1.165, 1.54) is 13.2 Å². The number of rotatable bonds is 4. The van der Waals surface area contributed by atoms with Gasteiger partial charge in [0.1, 0.15) is 11.4 Å². The molecule has 1 heterocycles. The molecule has 0 saturated carbocycles. The number of ether oxygens (including phenoxy) is 1. The van der Waals surface area contributed by atoms with Gasteiger partial charge in [0, 0.05) is 13.1 Å². The Morgan fingerprint density at radius 1 is 1.55 bits per heavy atom. The fourth-order valence-electron chi connectivity index (χ4n) is 2.72. The molecule has 1 fully saturated rings. The maximum Gasteiger partial charge on any atom is 0.296 e. The molecule has 1 aliphatic heterocycles. The normalized spacial score (nSPS) is 22.6. The summed E-state index contributed by atoms with van der Waals surface area (Å²) in [7, 11) is 1.51. The summed E-state index contributed by atoms with van der Waals surface area (Å²) in [6.07, 6.45) is 1.01. The van der Waals surface area contributed by atoms with Crippen LogP contribution in [0.5, 0.6) is 5.75 Å². The van der Waals surface area contributed by atoms with Gasteiger partial charge in [-0.2, -0.15) is 0 Å². The van der Waals surface area contributed by atoms with Crippen LogP contribution in [-0.2, 0) is 0 Å². The minimum atomic E-state index is -0.354. The SMILES string of the molecule is COc1ccc(N2CCC(C)C(CN)C2)c([N+](=O)[O-])c1. The number of nitrogens with two attached hydrogens (primary N) is 1. The standard InChI is InChI=1S/C14H21N3O3/c1-10-5-6-16(9-11(10)8-15)13-4-3-12(20-2)7-14(13)17(18)19/h3-4,7,10-11H,5-6,8-9,15H2,1-2H3. The van der Waals surface area contributed by atoms with E-state index in [0.717, 1.165) is 19.5 Å². The molecule has 0 aliphatic carbocycles. The molecule has 0 aromatic heterocycles. The minimum absolute atomic E-state index is 0.0923. The van der Waals surface area contributed by atoms with Crippen molar-refractivity contribution in [2.75, 3.05) is 31.6 Å². The van der Waals surface area contributed by atoms with Crippen LogP contribution >= 0.6 is 0 Å². The van der Waals surface area contributed by atoms with E-state index in [0.29, 0.717) is 29.8 Å². The highest BCUT2D eigenvalue weighted by molar-refractivity contribution is 5.65. The number of hydrogen-bond acceptors (Lipinski definition) is 5. The molecule has 0 amide bonds. The molecule has 6 nitrogen and oxygen atoms in total. The number of anilines is 1. The van der Waals surface area contributed by atoms with Crippen LogP contribution in [0.15, 0.2) is 18.2 Å². The quantitative estimate of drug-likeness (QED) is 0.673. The second kappa shape index (κ2) is 6.09. The Bertz CT molecular complexity index is 493. The predicted molar refractivity (Wildman–Crippen MR) is 78.2 cm³/mol. The number of nitro groups is 1. The number of hydrogen-bond donors (Lipinski definition) is 1. The molecular weight excluding hydrogens is 258 g/mol. The molecule has 0 spiro atoms. The Labute approximate surface area is 118 Å². The molecule has 2 unspecified atom stereocenters. The van der Waals surface area contributed by atoms with E-state index in [-0.39, 0.29) is 10.6 Å². The third-order valence-corrected chi connectivity index (χ3v) is 4.14. The Morgan fingerprint density at radius 2 is 2.30 bits per heavy atom. The van der Waals surface area contributed by atoms with E-state index in [4.69, 9.17) is 10.5 Å². The molecule has 2 N–H and O–H groups in total. The smallest absolute Gasteiger partial charge is 0.296 e. The maximum absolute atomic E-state index is 11.2. The zero-order valence-electron chi connectivity index (χ0n) is 11.9. The first-order valence-corrected chi connectivity index (χ1v) is 6.84. The molecule has 0 bridgehead atoms. The largest absolute Gasteiger partial charge is 0.496 e. The molecule has 20 heavy (non-hydrogen) atoms. The monoisotopic (exact) mass is 279 g/mol. The van der Waals surface area contributed by atoms with Crippen molar-refractivity contribution >= 4 is 11.4 Å². The molecule has 2 rings (SSSR count). The van der Waals surface area contributed by atoms with Crippen molar-refractivity contribution in [3.8, 4) is 5.75 Å². The van der Waals surface area contributed by atoms with Gasteiger partial charge in [0.25, 0.3) is 5.69 Å². The second-order valence-electron chi connectivity index (χ2n) is 5.32. The van der Waals surface area contributed by atoms with E-state index in [9.17, 15) is 10.1 Å². The summed E-state index contributed by atoms with van der Waals surface area (Å²) < 4.78 is 5.06.